The Balaban J connectivity index is 1.44. The first-order valence-electron chi connectivity index (χ1n) is 9.16. The van der Waals surface area contributed by atoms with Gasteiger partial charge in [-0.2, -0.15) is 0 Å². The lowest BCUT2D eigenvalue weighted by molar-refractivity contribution is -0.126. The van der Waals surface area contributed by atoms with Gasteiger partial charge in [0.25, 0.3) is 5.91 Å². The van der Waals surface area contributed by atoms with Crippen LogP contribution in [-0.2, 0) is 9.59 Å². The van der Waals surface area contributed by atoms with E-state index in [0.717, 1.165) is 23.1 Å². The van der Waals surface area contributed by atoms with Gasteiger partial charge in [-0.1, -0.05) is 36.1 Å². The molecule has 1 aliphatic rings. The quantitative estimate of drug-likeness (QED) is 0.359. The van der Waals surface area contributed by atoms with E-state index in [-0.39, 0.29) is 12.5 Å². The minimum absolute atomic E-state index is 0.202. The summed E-state index contributed by atoms with van der Waals surface area (Å²) in [6.07, 6.45) is 1.73. The van der Waals surface area contributed by atoms with Crippen molar-refractivity contribution < 1.29 is 18.7 Å². The van der Waals surface area contributed by atoms with Crippen LogP contribution < -0.4 is 15.7 Å². The van der Waals surface area contributed by atoms with E-state index in [1.807, 2.05) is 12.1 Å². The van der Waals surface area contributed by atoms with Crippen molar-refractivity contribution >= 4 is 62.8 Å². The molecule has 7 nitrogen and oxygen atoms in total. The SMILES string of the molecule is COc1ccc(/C=C2\SC(=S)N(CC(=O)Nc3ccc4oc(=O)ccc4c3)C2=O)cc1. The van der Waals surface area contributed by atoms with E-state index in [2.05, 4.69) is 5.32 Å². The number of fused-ring (bicyclic) bond motifs is 1. The predicted octanol–water partition coefficient (Wildman–Crippen LogP) is 3.64. The monoisotopic (exact) mass is 452 g/mol. The molecule has 1 fully saturated rings. The molecule has 0 aliphatic carbocycles. The van der Waals surface area contributed by atoms with Crippen LogP contribution in [0.3, 0.4) is 0 Å². The molecule has 4 rings (SSSR count). The first-order valence-corrected chi connectivity index (χ1v) is 10.4. The van der Waals surface area contributed by atoms with Crippen molar-refractivity contribution in [3.8, 4) is 5.75 Å². The van der Waals surface area contributed by atoms with Crippen molar-refractivity contribution in [2.24, 2.45) is 0 Å². The van der Waals surface area contributed by atoms with Gasteiger partial charge < -0.3 is 14.5 Å². The lowest BCUT2D eigenvalue weighted by atomic mass is 10.2. The number of ether oxygens (including phenoxy) is 1. The van der Waals surface area contributed by atoms with Crippen LogP contribution in [0, 0.1) is 0 Å². The second-order valence-electron chi connectivity index (χ2n) is 6.60. The number of thiocarbonyl (C=S) groups is 1. The number of nitrogens with zero attached hydrogens (tertiary/aromatic N) is 1. The Labute approximate surface area is 186 Å². The summed E-state index contributed by atoms with van der Waals surface area (Å²) in [4.78, 5) is 38.2. The Morgan fingerprint density at radius 1 is 1.16 bits per heavy atom. The van der Waals surface area contributed by atoms with E-state index in [1.165, 1.54) is 11.0 Å². The van der Waals surface area contributed by atoms with Crippen molar-refractivity contribution in [2.75, 3.05) is 19.0 Å². The lowest BCUT2D eigenvalue weighted by Crippen LogP contribution is -2.36. The van der Waals surface area contributed by atoms with E-state index in [1.54, 1.807) is 49.6 Å². The topological polar surface area (TPSA) is 88.8 Å². The third kappa shape index (κ3) is 4.68. The average molecular weight is 453 g/mol. The van der Waals surface area contributed by atoms with Crippen molar-refractivity contribution in [1.82, 2.24) is 4.90 Å². The number of benzene rings is 2. The van der Waals surface area contributed by atoms with E-state index in [9.17, 15) is 14.4 Å². The van der Waals surface area contributed by atoms with Crippen LogP contribution in [-0.4, -0.2) is 34.7 Å². The van der Waals surface area contributed by atoms with Gasteiger partial charge in [0, 0.05) is 17.1 Å². The summed E-state index contributed by atoms with van der Waals surface area (Å²) in [5.41, 5.74) is 1.33. The molecular weight excluding hydrogens is 436 g/mol. The Kier molecular flexibility index (Phi) is 5.88. The zero-order valence-electron chi connectivity index (χ0n) is 16.3. The molecule has 31 heavy (non-hydrogen) atoms. The van der Waals surface area contributed by atoms with Gasteiger partial charge in [0.2, 0.25) is 5.91 Å². The van der Waals surface area contributed by atoms with E-state index >= 15 is 0 Å². The molecule has 1 saturated heterocycles. The Bertz CT molecular complexity index is 1280. The summed E-state index contributed by atoms with van der Waals surface area (Å²) in [5, 5.41) is 3.41. The number of hydrogen-bond acceptors (Lipinski definition) is 7. The second-order valence-corrected chi connectivity index (χ2v) is 8.27. The van der Waals surface area contributed by atoms with Crippen LogP contribution >= 0.6 is 24.0 Å². The highest BCUT2D eigenvalue weighted by Gasteiger charge is 2.33. The number of hydrogen-bond donors (Lipinski definition) is 1. The first kappa shape index (κ1) is 20.8. The molecule has 2 amide bonds. The molecule has 0 spiro atoms. The normalized spacial score (nSPS) is 15.0. The highest BCUT2D eigenvalue weighted by Crippen LogP contribution is 2.32. The highest BCUT2D eigenvalue weighted by molar-refractivity contribution is 8.26. The van der Waals surface area contributed by atoms with Crippen LogP contribution in [0.4, 0.5) is 5.69 Å². The van der Waals surface area contributed by atoms with Crippen LogP contribution in [0.5, 0.6) is 5.75 Å². The minimum Gasteiger partial charge on any atom is -0.497 e. The molecule has 0 bridgehead atoms. The third-order valence-corrected chi connectivity index (χ3v) is 5.87. The van der Waals surface area contributed by atoms with Gasteiger partial charge in [0.1, 0.15) is 22.2 Å². The number of rotatable bonds is 5. The second kappa shape index (κ2) is 8.75. The van der Waals surface area contributed by atoms with Gasteiger partial charge in [0.05, 0.1) is 12.0 Å². The maximum Gasteiger partial charge on any atom is 0.336 e. The van der Waals surface area contributed by atoms with Gasteiger partial charge in [-0.25, -0.2) is 4.79 Å². The van der Waals surface area contributed by atoms with Crippen molar-refractivity contribution in [3.63, 3.8) is 0 Å². The van der Waals surface area contributed by atoms with Gasteiger partial charge in [-0.05, 0) is 48.0 Å². The van der Waals surface area contributed by atoms with Gasteiger partial charge in [-0.3, -0.25) is 14.5 Å². The molecular formula is C22H16N2O5S2. The highest BCUT2D eigenvalue weighted by atomic mass is 32.2. The van der Waals surface area contributed by atoms with Gasteiger partial charge in [0.15, 0.2) is 0 Å². The molecule has 1 aliphatic heterocycles. The molecule has 2 heterocycles. The smallest absolute Gasteiger partial charge is 0.336 e. The molecule has 1 aromatic heterocycles. The Morgan fingerprint density at radius 3 is 2.68 bits per heavy atom. The van der Waals surface area contributed by atoms with Gasteiger partial charge >= 0.3 is 5.63 Å². The number of methoxy groups -OCH3 is 1. The van der Waals surface area contributed by atoms with Crippen LogP contribution in [0.1, 0.15) is 5.56 Å². The van der Waals surface area contributed by atoms with Crippen molar-refractivity contribution in [1.29, 1.82) is 0 Å². The maximum atomic E-state index is 12.7. The molecule has 156 valence electrons. The number of amides is 2. The van der Waals surface area contributed by atoms with E-state index < -0.39 is 11.5 Å². The fourth-order valence-electron chi connectivity index (χ4n) is 2.98. The zero-order valence-corrected chi connectivity index (χ0v) is 17.9. The molecule has 3 aromatic rings. The van der Waals surface area contributed by atoms with Crippen molar-refractivity contribution in [3.05, 3.63) is 75.5 Å². The molecule has 0 saturated carbocycles. The van der Waals surface area contributed by atoms with Crippen molar-refractivity contribution in [2.45, 2.75) is 0 Å². The summed E-state index contributed by atoms with van der Waals surface area (Å²) < 4.78 is 10.5. The summed E-state index contributed by atoms with van der Waals surface area (Å²) in [5.74, 6) is 0.0113. The zero-order chi connectivity index (χ0) is 22.0. The standard InChI is InChI=1S/C22H16N2O5S2/c1-28-16-6-2-13(3-7-16)10-18-21(27)24(22(30)31-18)12-19(25)23-15-5-8-17-14(11-15)4-9-20(26)29-17/h2-11H,12H2,1H3,(H,23,25)/b18-10-. The maximum absolute atomic E-state index is 12.7. The fraction of sp³-hybridized carbons (Fsp3) is 0.0909. The molecule has 0 unspecified atom stereocenters. The van der Waals surface area contributed by atoms with Crippen LogP contribution in [0.25, 0.3) is 17.0 Å². The molecule has 2 aromatic carbocycles. The number of anilines is 1. The van der Waals surface area contributed by atoms with Gasteiger partial charge in [-0.15, -0.1) is 0 Å². The largest absolute Gasteiger partial charge is 0.497 e. The number of thioether (sulfide) groups is 1. The predicted molar refractivity (Wildman–Crippen MR) is 124 cm³/mol. The Morgan fingerprint density at radius 2 is 1.94 bits per heavy atom. The number of carbonyl (C=O) groups is 2. The minimum atomic E-state index is -0.443. The van der Waals surface area contributed by atoms with E-state index in [0.29, 0.717) is 25.9 Å². The summed E-state index contributed by atoms with van der Waals surface area (Å²) in [6.45, 7) is -0.202. The summed E-state index contributed by atoms with van der Waals surface area (Å²) in [7, 11) is 1.58. The van der Waals surface area contributed by atoms with Crippen LogP contribution in [0.15, 0.2) is 68.7 Å². The molecule has 0 radical (unpaired) electrons. The Hall–Kier alpha value is -3.43. The first-order chi connectivity index (χ1) is 14.9. The summed E-state index contributed by atoms with van der Waals surface area (Å²) >= 11 is 6.45. The third-order valence-electron chi connectivity index (χ3n) is 4.49. The molecule has 1 N–H and O–H groups in total. The van der Waals surface area contributed by atoms with Crippen LogP contribution in [0.2, 0.25) is 0 Å². The number of nitrogens with one attached hydrogen (secondary N) is 1. The summed E-state index contributed by atoms with van der Waals surface area (Å²) in [6, 6.07) is 15.1. The average Bonchev–Trinajstić information content (AvgIpc) is 3.01. The number of carbonyl (C=O) groups excluding carboxylic acids is 2. The lowest BCUT2D eigenvalue weighted by Gasteiger charge is -2.14. The molecule has 0 atom stereocenters. The van der Waals surface area contributed by atoms with E-state index in [4.69, 9.17) is 21.4 Å². The molecule has 9 heteroatoms. The fourth-order valence-corrected chi connectivity index (χ4v) is 4.24.